The molecule has 0 heterocycles. The molecule has 6 nitrogen and oxygen atoms in total. The number of carboxylic acid groups (broad SMARTS) is 1. The van der Waals surface area contributed by atoms with E-state index >= 15 is 0 Å². The van der Waals surface area contributed by atoms with Crippen LogP contribution in [0.15, 0.2) is 0 Å². The van der Waals surface area contributed by atoms with Gasteiger partial charge < -0.3 is 21.3 Å². The number of nitrogens with two attached hydrogens (primary N) is 2. The Morgan fingerprint density at radius 2 is 1.91 bits per heavy atom. The highest BCUT2D eigenvalue weighted by Crippen LogP contribution is 1.66. The third-order valence-electron chi connectivity index (χ3n) is 0.461. The number of aliphatic carboxylic acids is 1. The summed E-state index contributed by atoms with van der Waals surface area (Å²) in [5.41, 5.74) is 9.11. The minimum absolute atomic E-state index is 0.278. The lowest BCUT2D eigenvalue weighted by Crippen LogP contribution is -2.11. The Morgan fingerprint density at radius 1 is 1.55 bits per heavy atom. The number of hydrogen-bond acceptors (Lipinski definition) is 4. The number of carboxylic acids is 1. The quantitative estimate of drug-likeness (QED) is 0.490. The van der Waals surface area contributed by atoms with E-state index in [2.05, 4.69) is 16.2 Å². The predicted molar refractivity (Wildman–Crippen MR) is 37.9 cm³/mol. The molecule has 0 aromatic rings. The van der Waals surface area contributed by atoms with Gasteiger partial charge in [0.25, 0.3) is 0 Å². The minimum atomic E-state index is -0.968. The Hall–Kier alpha value is -1.30. The zero-order chi connectivity index (χ0) is 9.28. The van der Waals surface area contributed by atoms with Crippen LogP contribution in [0.2, 0.25) is 0 Å². The summed E-state index contributed by atoms with van der Waals surface area (Å²) in [6.45, 7) is 1.78. The summed E-state index contributed by atoms with van der Waals surface area (Å²) in [6.07, 6.45) is -0.711. The van der Waals surface area contributed by atoms with Gasteiger partial charge in [-0.3, -0.25) is 4.79 Å². The number of ether oxygens (including phenoxy) is 1. The van der Waals surface area contributed by atoms with Crippen LogP contribution in [0.3, 0.4) is 0 Å². The fourth-order valence-electron chi connectivity index (χ4n) is 0.142. The molecule has 0 aromatic heterocycles. The fraction of sp³-hybridized carbons (Fsp3) is 0.600. The maximum absolute atomic E-state index is 9.60. The number of amides is 1. The number of carbonyl (C=O) groups excluding carboxylic acids is 1. The van der Waals surface area contributed by atoms with Crippen LogP contribution in [0.25, 0.3) is 0 Å². The molecule has 66 valence electrons. The van der Waals surface area contributed by atoms with Gasteiger partial charge in [-0.2, -0.15) is 0 Å². The SMILES string of the molecule is CCOC(N)=O.NCC(=O)O. The first-order valence-corrected chi connectivity index (χ1v) is 2.88. The van der Waals surface area contributed by atoms with Gasteiger partial charge in [0.1, 0.15) is 0 Å². The highest BCUT2D eigenvalue weighted by Gasteiger charge is 1.82. The molecular formula is C5H12N2O4. The second-order valence-electron chi connectivity index (χ2n) is 1.35. The summed E-state index contributed by atoms with van der Waals surface area (Å²) in [7, 11) is 0. The number of carbonyl (C=O) groups is 2. The Kier molecular flexibility index (Phi) is 9.79. The topological polar surface area (TPSA) is 116 Å². The van der Waals surface area contributed by atoms with Crippen molar-refractivity contribution in [1.82, 2.24) is 0 Å². The normalized spacial score (nSPS) is 7.45. The number of primary amides is 1. The molecule has 0 saturated heterocycles. The number of rotatable bonds is 2. The Morgan fingerprint density at radius 3 is 1.91 bits per heavy atom. The van der Waals surface area contributed by atoms with Crippen LogP contribution in [0.5, 0.6) is 0 Å². The van der Waals surface area contributed by atoms with E-state index in [1.54, 1.807) is 6.92 Å². The maximum Gasteiger partial charge on any atom is 0.404 e. The molecule has 5 N–H and O–H groups in total. The van der Waals surface area contributed by atoms with Crippen LogP contribution in [-0.4, -0.2) is 30.3 Å². The zero-order valence-corrected chi connectivity index (χ0v) is 6.24. The van der Waals surface area contributed by atoms with Crippen LogP contribution in [0.4, 0.5) is 4.79 Å². The van der Waals surface area contributed by atoms with E-state index in [0.29, 0.717) is 6.61 Å². The van der Waals surface area contributed by atoms with Gasteiger partial charge in [0, 0.05) is 0 Å². The minimum Gasteiger partial charge on any atom is -0.480 e. The van der Waals surface area contributed by atoms with Crippen molar-refractivity contribution in [3.8, 4) is 0 Å². The van der Waals surface area contributed by atoms with Gasteiger partial charge >= 0.3 is 12.1 Å². The lowest BCUT2D eigenvalue weighted by molar-refractivity contribution is -0.135. The molecule has 0 atom stereocenters. The van der Waals surface area contributed by atoms with Crippen molar-refractivity contribution in [3.63, 3.8) is 0 Å². The standard InChI is InChI=1S/C3H7NO2.C2H5NO2/c1-2-6-3(4)5;3-1-2(4)5/h2H2,1H3,(H2,4,5);1,3H2,(H,4,5). The van der Waals surface area contributed by atoms with Crippen molar-refractivity contribution >= 4 is 12.1 Å². The average molecular weight is 164 g/mol. The van der Waals surface area contributed by atoms with Crippen LogP contribution >= 0.6 is 0 Å². The Bertz CT molecular complexity index is 126. The summed E-state index contributed by atoms with van der Waals surface area (Å²) >= 11 is 0. The molecule has 0 bridgehead atoms. The first-order chi connectivity index (χ1) is 5.04. The van der Waals surface area contributed by atoms with Crippen molar-refractivity contribution < 1.29 is 19.4 Å². The third-order valence-corrected chi connectivity index (χ3v) is 0.461. The molecule has 0 aliphatic heterocycles. The molecule has 0 fully saturated rings. The summed E-state index contributed by atoms with van der Waals surface area (Å²) in [5, 5.41) is 7.60. The van der Waals surface area contributed by atoms with E-state index in [1.165, 1.54) is 0 Å². The van der Waals surface area contributed by atoms with E-state index in [0.717, 1.165) is 0 Å². The average Bonchev–Trinajstić information content (AvgIpc) is 1.89. The van der Waals surface area contributed by atoms with Crippen molar-refractivity contribution in [3.05, 3.63) is 0 Å². The molecule has 0 saturated carbocycles. The van der Waals surface area contributed by atoms with Gasteiger partial charge in [-0.15, -0.1) is 0 Å². The van der Waals surface area contributed by atoms with Crippen LogP contribution in [0.1, 0.15) is 6.92 Å². The lowest BCUT2D eigenvalue weighted by Gasteiger charge is -1.89. The highest BCUT2D eigenvalue weighted by atomic mass is 16.5. The second kappa shape index (κ2) is 8.70. The van der Waals surface area contributed by atoms with E-state index in [4.69, 9.17) is 5.11 Å². The van der Waals surface area contributed by atoms with Crippen LogP contribution < -0.4 is 11.5 Å². The summed E-state index contributed by atoms with van der Waals surface area (Å²) in [4.78, 5) is 18.8. The first-order valence-electron chi connectivity index (χ1n) is 2.88. The van der Waals surface area contributed by atoms with E-state index in [1.807, 2.05) is 0 Å². The molecule has 0 aliphatic carbocycles. The van der Waals surface area contributed by atoms with Gasteiger partial charge in [-0.25, -0.2) is 4.79 Å². The largest absolute Gasteiger partial charge is 0.480 e. The summed E-state index contributed by atoms with van der Waals surface area (Å²) < 4.78 is 4.18. The van der Waals surface area contributed by atoms with Gasteiger partial charge in [0.05, 0.1) is 13.2 Å². The van der Waals surface area contributed by atoms with Gasteiger partial charge in [0.15, 0.2) is 0 Å². The first kappa shape index (κ1) is 12.4. The molecule has 0 spiro atoms. The smallest absolute Gasteiger partial charge is 0.404 e. The molecule has 0 aromatic carbocycles. The third kappa shape index (κ3) is 28.5. The van der Waals surface area contributed by atoms with Gasteiger partial charge in [0.2, 0.25) is 0 Å². The monoisotopic (exact) mass is 164 g/mol. The Labute approximate surface area is 64.1 Å². The molecular weight excluding hydrogens is 152 g/mol. The van der Waals surface area contributed by atoms with E-state index < -0.39 is 12.1 Å². The molecule has 11 heavy (non-hydrogen) atoms. The lowest BCUT2D eigenvalue weighted by atomic mass is 10.7. The Balaban J connectivity index is 0. The predicted octanol–water partition coefficient (Wildman–Crippen LogP) is -0.869. The number of hydrogen-bond donors (Lipinski definition) is 3. The van der Waals surface area contributed by atoms with Crippen molar-refractivity contribution in [2.24, 2.45) is 11.5 Å². The second-order valence-corrected chi connectivity index (χ2v) is 1.35. The summed E-state index contributed by atoms with van der Waals surface area (Å²) in [6, 6.07) is 0. The summed E-state index contributed by atoms with van der Waals surface area (Å²) in [5.74, 6) is -0.968. The van der Waals surface area contributed by atoms with Crippen molar-refractivity contribution in [2.45, 2.75) is 6.92 Å². The molecule has 0 unspecified atom stereocenters. The van der Waals surface area contributed by atoms with Gasteiger partial charge in [-0.05, 0) is 6.92 Å². The van der Waals surface area contributed by atoms with Crippen molar-refractivity contribution in [2.75, 3.05) is 13.2 Å². The molecule has 1 amide bonds. The highest BCUT2D eigenvalue weighted by molar-refractivity contribution is 5.68. The molecule has 0 aliphatic rings. The zero-order valence-electron chi connectivity index (χ0n) is 6.24. The maximum atomic E-state index is 9.60. The van der Waals surface area contributed by atoms with Crippen LogP contribution in [-0.2, 0) is 9.53 Å². The van der Waals surface area contributed by atoms with Gasteiger partial charge in [-0.1, -0.05) is 0 Å². The fourth-order valence-corrected chi connectivity index (χ4v) is 0.142. The molecule has 0 rings (SSSR count). The van der Waals surface area contributed by atoms with Crippen LogP contribution in [0, 0.1) is 0 Å². The van der Waals surface area contributed by atoms with E-state index in [-0.39, 0.29) is 6.54 Å². The van der Waals surface area contributed by atoms with Crippen molar-refractivity contribution in [1.29, 1.82) is 0 Å². The van der Waals surface area contributed by atoms with E-state index in [9.17, 15) is 9.59 Å². The molecule has 6 heteroatoms. The molecule has 0 radical (unpaired) electrons.